The van der Waals surface area contributed by atoms with E-state index in [0.29, 0.717) is 11.5 Å². The normalized spacial score (nSPS) is 33.2. The number of benzene rings is 1. The van der Waals surface area contributed by atoms with Crippen LogP contribution in [0.1, 0.15) is 12.0 Å². The molecule has 4 aliphatic rings. The molecule has 1 aromatic carbocycles. The van der Waals surface area contributed by atoms with Crippen molar-refractivity contribution < 1.29 is 27.5 Å². The van der Waals surface area contributed by atoms with E-state index in [4.69, 9.17) is 0 Å². The Morgan fingerprint density at radius 2 is 2.17 bits per heavy atom. The first-order valence-corrected chi connectivity index (χ1v) is 7.52. The number of carbonyl (C=O) groups is 2. The number of Topliss-reactive ketones (excluding diaryl/α,β-unsaturated/α-hetero) is 1. The van der Waals surface area contributed by atoms with Crippen molar-refractivity contribution in [3.63, 3.8) is 0 Å². The van der Waals surface area contributed by atoms with Crippen molar-refractivity contribution in [1.29, 1.82) is 0 Å². The molecule has 1 aromatic rings. The van der Waals surface area contributed by atoms with Crippen LogP contribution in [-0.2, 0) is 16.1 Å². The first kappa shape index (κ1) is 14.5. The van der Waals surface area contributed by atoms with E-state index >= 15 is 0 Å². The van der Waals surface area contributed by atoms with Crippen molar-refractivity contribution in [2.75, 3.05) is 0 Å². The molecule has 7 heteroatoms. The van der Waals surface area contributed by atoms with Crippen LogP contribution in [0.3, 0.4) is 0 Å². The highest BCUT2D eigenvalue weighted by Crippen LogP contribution is 2.71. The minimum absolute atomic E-state index is 0.0875. The Hall–Kier alpha value is -2.05. The predicted molar refractivity (Wildman–Crippen MR) is 72.0 cm³/mol. The maximum absolute atomic E-state index is 13.6. The van der Waals surface area contributed by atoms with E-state index in [0.717, 1.165) is 18.6 Å². The zero-order valence-electron chi connectivity index (χ0n) is 12.0. The minimum atomic E-state index is -3.09. The fourth-order valence-electron chi connectivity index (χ4n) is 4.35. The summed E-state index contributed by atoms with van der Waals surface area (Å²) < 4.78 is 41.8. The summed E-state index contributed by atoms with van der Waals surface area (Å²) in [5.74, 6) is -1.09. The molecule has 0 radical (unpaired) electrons. The van der Waals surface area contributed by atoms with Gasteiger partial charge in [-0.3, -0.25) is 9.59 Å². The zero-order valence-corrected chi connectivity index (χ0v) is 12.0. The topological polar surface area (TPSA) is 55.4 Å². The van der Waals surface area contributed by atoms with Gasteiger partial charge in [0.25, 0.3) is 0 Å². The van der Waals surface area contributed by atoms with Crippen molar-refractivity contribution in [2.24, 2.45) is 29.6 Å². The summed E-state index contributed by atoms with van der Waals surface area (Å²) in [6.07, 6.45) is 0.820. The molecule has 0 heterocycles. The number of hydrogen-bond donors (Lipinski definition) is 1. The van der Waals surface area contributed by atoms with Crippen molar-refractivity contribution >= 4 is 11.7 Å². The average Bonchev–Trinajstić information content (AvgIpc) is 2.76. The lowest BCUT2D eigenvalue weighted by Gasteiger charge is -2.14. The van der Waals surface area contributed by atoms with E-state index in [1.165, 1.54) is 6.07 Å². The van der Waals surface area contributed by atoms with Gasteiger partial charge in [0.1, 0.15) is 5.78 Å². The van der Waals surface area contributed by atoms with Crippen molar-refractivity contribution in [3.05, 3.63) is 29.6 Å². The van der Waals surface area contributed by atoms with Crippen LogP contribution in [0.15, 0.2) is 18.2 Å². The molecular formula is C16H14F3NO3. The fraction of sp³-hybridized carbons (Fsp3) is 0.500. The number of ether oxygens (including phenoxy) is 1. The van der Waals surface area contributed by atoms with Crippen LogP contribution in [0, 0.1) is 35.4 Å². The molecule has 4 saturated carbocycles. The number of ketones is 1. The van der Waals surface area contributed by atoms with Crippen LogP contribution in [0.5, 0.6) is 5.75 Å². The molecule has 0 aliphatic heterocycles. The second-order valence-corrected chi connectivity index (χ2v) is 6.40. The van der Waals surface area contributed by atoms with Gasteiger partial charge in [0.05, 0.1) is 5.92 Å². The Morgan fingerprint density at radius 1 is 1.39 bits per heavy atom. The molecule has 4 bridgehead atoms. The zero-order chi connectivity index (χ0) is 16.3. The number of hydrogen-bond acceptors (Lipinski definition) is 3. The second-order valence-electron chi connectivity index (χ2n) is 6.40. The SMILES string of the molecule is O=C(NCc1ccc(OC(F)F)c(F)c1)C1C2CC3C(C2=O)C31. The second kappa shape index (κ2) is 4.97. The van der Waals surface area contributed by atoms with Crippen molar-refractivity contribution in [2.45, 2.75) is 19.6 Å². The van der Waals surface area contributed by atoms with Gasteiger partial charge in [-0.15, -0.1) is 0 Å². The van der Waals surface area contributed by atoms with Gasteiger partial charge in [-0.25, -0.2) is 4.39 Å². The van der Waals surface area contributed by atoms with E-state index in [-0.39, 0.29) is 41.9 Å². The average molecular weight is 325 g/mol. The number of rotatable bonds is 5. The summed E-state index contributed by atoms with van der Waals surface area (Å²) in [4.78, 5) is 24.1. The van der Waals surface area contributed by atoms with Gasteiger partial charge in [0.2, 0.25) is 5.91 Å². The number of carbonyl (C=O) groups excluding carboxylic acids is 2. The Balaban J connectivity index is 1.37. The van der Waals surface area contributed by atoms with E-state index in [1.807, 2.05) is 0 Å². The van der Waals surface area contributed by atoms with Gasteiger partial charge in [-0.1, -0.05) is 6.07 Å². The molecule has 4 fully saturated rings. The van der Waals surface area contributed by atoms with Crippen molar-refractivity contribution in [3.8, 4) is 5.75 Å². The van der Waals surface area contributed by atoms with E-state index in [9.17, 15) is 22.8 Å². The predicted octanol–water partition coefficient (Wildman–Crippen LogP) is 2.12. The maximum atomic E-state index is 13.6. The van der Waals surface area contributed by atoms with Crippen LogP contribution >= 0.6 is 0 Å². The van der Waals surface area contributed by atoms with Crippen LogP contribution in [0.2, 0.25) is 0 Å². The van der Waals surface area contributed by atoms with Crippen LogP contribution in [0.4, 0.5) is 13.2 Å². The van der Waals surface area contributed by atoms with E-state index in [2.05, 4.69) is 10.1 Å². The molecule has 0 spiro atoms. The van der Waals surface area contributed by atoms with Crippen LogP contribution < -0.4 is 10.1 Å². The summed E-state index contributed by atoms with van der Waals surface area (Å²) in [6.45, 7) is -3.00. The third-order valence-corrected chi connectivity index (χ3v) is 5.28. The summed E-state index contributed by atoms with van der Waals surface area (Å²) in [7, 11) is 0. The standard InChI is InChI=1S/C16H14F3NO3/c17-9-3-6(1-2-10(9)23-16(18)19)5-20-15(22)13-8-4-7-11(13)12(7)14(8)21/h1-3,7-8,11-13,16H,4-5H2,(H,20,22). The summed E-state index contributed by atoms with van der Waals surface area (Å²) >= 11 is 0. The van der Waals surface area contributed by atoms with Gasteiger partial charge in [0, 0.05) is 18.4 Å². The van der Waals surface area contributed by atoms with Crippen LogP contribution in [0.25, 0.3) is 0 Å². The summed E-state index contributed by atoms with van der Waals surface area (Å²) in [5.41, 5.74) is 0.446. The molecule has 0 aromatic heterocycles. The van der Waals surface area contributed by atoms with Gasteiger partial charge in [-0.05, 0) is 36.0 Å². The summed E-state index contributed by atoms with van der Waals surface area (Å²) in [6, 6.07) is 3.58. The molecule has 5 atom stereocenters. The molecular weight excluding hydrogens is 311 g/mol. The number of amides is 1. The Morgan fingerprint density at radius 3 is 2.70 bits per heavy atom. The number of halogens is 3. The van der Waals surface area contributed by atoms with Gasteiger partial charge >= 0.3 is 6.61 Å². The largest absolute Gasteiger partial charge is 0.432 e. The van der Waals surface area contributed by atoms with Crippen molar-refractivity contribution in [1.82, 2.24) is 5.32 Å². The first-order chi connectivity index (χ1) is 11.0. The Labute approximate surface area is 130 Å². The quantitative estimate of drug-likeness (QED) is 0.902. The third kappa shape index (κ3) is 2.21. The molecule has 122 valence electrons. The van der Waals surface area contributed by atoms with E-state index in [1.54, 1.807) is 0 Å². The fourth-order valence-corrected chi connectivity index (χ4v) is 4.35. The van der Waals surface area contributed by atoms with Gasteiger partial charge in [-0.2, -0.15) is 8.78 Å². The van der Waals surface area contributed by atoms with Gasteiger partial charge < -0.3 is 10.1 Å². The molecule has 4 nitrogen and oxygen atoms in total. The number of nitrogens with one attached hydrogen (secondary N) is 1. The molecule has 4 aliphatic carbocycles. The van der Waals surface area contributed by atoms with E-state index < -0.39 is 18.2 Å². The lowest BCUT2D eigenvalue weighted by molar-refractivity contribution is -0.129. The maximum Gasteiger partial charge on any atom is 0.387 e. The first-order valence-electron chi connectivity index (χ1n) is 7.52. The lowest BCUT2D eigenvalue weighted by Crippen LogP contribution is -2.33. The monoisotopic (exact) mass is 325 g/mol. The van der Waals surface area contributed by atoms with Gasteiger partial charge in [0.15, 0.2) is 11.6 Å². The highest BCUT2D eigenvalue weighted by atomic mass is 19.3. The Kier molecular flexibility index (Phi) is 3.14. The summed E-state index contributed by atoms with van der Waals surface area (Å²) in [5, 5.41) is 2.72. The van der Waals surface area contributed by atoms with Crippen LogP contribution in [-0.4, -0.2) is 18.3 Å². The lowest BCUT2D eigenvalue weighted by atomic mass is 9.96. The molecule has 5 unspecified atom stereocenters. The molecule has 23 heavy (non-hydrogen) atoms. The third-order valence-electron chi connectivity index (χ3n) is 5.28. The molecule has 1 amide bonds. The highest BCUT2D eigenvalue weighted by molar-refractivity contribution is 5.99. The highest BCUT2D eigenvalue weighted by Gasteiger charge is 2.75. The Bertz CT molecular complexity index is 693. The number of alkyl halides is 2. The molecule has 0 saturated heterocycles. The molecule has 1 N–H and O–H groups in total. The smallest absolute Gasteiger partial charge is 0.387 e. The minimum Gasteiger partial charge on any atom is -0.432 e. The molecule has 5 rings (SSSR count).